The minimum Gasteiger partial charge on any atom is -0.465 e. The van der Waals surface area contributed by atoms with Crippen molar-refractivity contribution < 1.29 is 9.90 Å². The smallest absolute Gasteiger partial charge is 0.404 e. The van der Waals surface area contributed by atoms with Crippen LogP contribution in [0.1, 0.15) is 24.8 Å². The van der Waals surface area contributed by atoms with E-state index in [0.717, 1.165) is 19.4 Å². The summed E-state index contributed by atoms with van der Waals surface area (Å²) < 4.78 is 0. The molecule has 0 saturated carbocycles. The molecular weight excluding hydrogens is 228 g/mol. The predicted molar refractivity (Wildman–Crippen MR) is 70.5 cm³/mol. The van der Waals surface area contributed by atoms with Gasteiger partial charge in [-0.1, -0.05) is 36.8 Å². The van der Waals surface area contributed by atoms with Gasteiger partial charge in [0.25, 0.3) is 0 Å². The number of benzene rings is 1. The highest BCUT2D eigenvalue weighted by Crippen LogP contribution is 2.25. The number of carbonyl (C=O) groups is 1. The number of amides is 1. The molecule has 1 aromatic rings. The number of nitrogens with zero attached hydrogens (tertiary/aromatic N) is 1. The average Bonchev–Trinajstić information content (AvgIpc) is 3.08. The molecular formula is C14H20N2O2. The summed E-state index contributed by atoms with van der Waals surface area (Å²) >= 11 is 0. The maximum absolute atomic E-state index is 10.2. The molecule has 1 fully saturated rings. The Morgan fingerprint density at radius 1 is 1.33 bits per heavy atom. The third kappa shape index (κ3) is 4.37. The first-order valence-corrected chi connectivity index (χ1v) is 6.50. The number of hydrogen-bond acceptors (Lipinski definition) is 2. The fourth-order valence-electron chi connectivity index (χ4n) is 2.21. The van der Waals surface area contributed by atoms with Crippen molar-refractivity contribution in [2.75, 3.05) is 13.1 Å². The Hall–Kier alpha value is -1.55. The molecule has 2 unspecified atom stereocenters. The van der Waals surface area contributed by atoms with Gasteiger partial charge in [0.1, 0.15) is 0 Å². The second-order valence-corrected chi connectivity index (χ2v) is 4.80. The number of carboxylic acid groups (broad SMARTS) is 1. The van der Waals surface area contributed by atoms with Gasteiger partial charge in [0.2, 0.25) is 0 Å². The van der Waals surface area contributed by atoms with Crippen LogP contribution in [-0.4, -0.2) is 35.2 Å². The Bertz CT molecular complexity index is 381. The molecule has 0 spiro atoms. The minimum absolute atomic E-state index is 0.570. The molecule has 1 amide bonds. The second-order valence-electron chi connectivity index (χ2n) is 4.80. The van der Waals surface area contributed by atoms with Gasteiger partial charge in [-0.15, -0.1) is 0 Å². The lowest BCUT2D eigenvalue weighted by molar-refractivity contribution is 0.194. The van der Waals surface area contributed by atoms with Crippen LogP contribution in [0, 0.1) is 0 Å². The Morgan fingerprint density at radius 3 is 2.83 bits per heavy atom. The Labute approximate surface area is 108 Å². The number of nitrogens with one attached hydrogen (secondary N) is 1. The van der Waals surface area contributed by atoms with Crippen molar-refractivity contribution in [1.29, 1.82) is 0 Å². The molecule has 4 nitrogen and oxygen atoms in total. The van der Waals surface area contributed by atoms with Gasteiger partial charge in [-0.05, 0) is 18.4 Å². The van der Waals surface area contributed by atoms with Gasteiger partial charge in [0.05, 0.1) is 0 Å². The fourth-order valence-corrected chi connectivity index (χ4v) is 2.21. The van der Waals surface area contributed by atoms with Crippen molar-refractivity contribution in [3.63, 3.8) is 0 Å². The number of hydrogen-bond donors (Lipinski definition) is 2. The van der Waals surface area contributed by atoms with E-state index in [9.17, 15) is 4.79 Å². The van der Waals surface area contributed by atoms with E-state index in [-0.39, 0.29) is 0 Å². The van der Waals surface area contributed by atoms with Crippen LogP contribution in [0.5, 0.6) is 0 Å². The zero-order chi connectivity index (χ0) is 12.8. The van der Waals surface area contributed by atoms with Crippen molar-refractivity contribution in [2.45, 2.75) is 31.8 Å². The second kappa shape index (κ2) is 6.40. The van der Waals surface area contributed by atoms with Crippen LogP contribution < -0.4 is 5.32 Å². The highest BCUT2D eigenvalue weighted by molar-refractivity contribution is 5.64. The van der Waals surface area contributed by atoms with Crippen molar-refractivity contribution >= 4 is 6.09 Å². The summed E-state index contributed by atoms with van der Waals surface area (Å²) in [5.41, 5.74) is 1.37. The number of unbranched alkanes of at least 4 members (excludes halogenated alkanes) is 1. The van der Waals surface area contributed by atoms with Crippen LogP contribution in [0.2, 0.25) is 0 Å². The van der Waals surface area contributed by atoms with E-state index in [0.29, 0.717) is 12.6 Å². The summed E-state index contributed by atoms with van der Waals surface area (Å²) in [5.74, 6) is 0. The van der Waals surface area contributed by atoms with Gasteiger partial charge in [-0.25, -0.2) is 4.79 Å². The first-order valence-electron chi connectivity index (χ1n) is 6.50. The summed E-state index contributed by atoms with van der Waals surface area (Å²) in [7, 11) is 0. The van der Waals surface area contributed by atoms with E-state index < -0.39 is 6.09 Å². The maximum Gasteiger partial charge on any atom is 0.404 e. The van der Waals surface area contributed by atoms with Crippen LogP contribution in [0.25, 0.3) is 0 Å². The van der Waals surface area contributed by atoms with Crippen LogP contribution in [-0.2, 0) is 6.54 Å². The highest BCUT2D eigenvalue weighted by Gasteiger charge is 2.32. The topological polar surface area (TPSA) is 52.3 Å². The molecule has 1 heterocycles. The fraction of sp³-hybridized carbons (Fsp3) is 0.500. The summed E-state index contributed by atoms with van der Waals surface area (Å²) in [5, 5.41) is 10.8. The molecule has 0 radical (unpaired) electrons. The van der Waals surface area contributed by atoms with Crippen molar-refractivity contribution in [2.24, 2.45) is 0 Å². The first-order chi connectivity index (χ1) is 8.75. The molecule has 2 atom stereocenters. The van der Waals surface area contributed by atoms with Crippen LogP contribution in [0.4, 0.5) is 4.79 Å². The van der Waals surface area contributed by atoms with Gasteiger partial charge in [-0.2, -0.15) is 0 Å². The molecule has 18 heavy (non-hydrogen) atoms. The minimum atomic E-state index is -0.924. The van der Waals surface area contributed by atoms with E-state index >= 15 is 0 Å². The van der Waals surface area contributed by atoms with Gasteiger partial charge >= 0.3 is 6.09 Å². The van der Waals surface area contributed by atoms with Gasteiger partial charge in [0.15, 0.2) is 0 Å². The summed E-state index contributed by atoms with van der Waals surface area (Å²) in [6.07, 6.45) is 2.28. The van der Waals surface area contributed by atoms with Gasteiger partial charge in [0, 0.05) is 25.7 Å². The molecule has 0 aromatic heterocycles. The molecule has 0 aliphatic carbocycles. The molecule has 0 bridgehead atoms. The SMILES string of the molecule is O=C(O)NCCCCC1CN1Cc1ccccc1. The highest BCUT2D eigenvalue weighted by atomic mass is 16.4. The monoisotopic (exact) mass is 248 g/mol. The lowest BCUT2D eigenvalue weighted by atomic mass is 10.2. The summed E-state index contributed by atoms with van der Waals surface area (Å²) in [6.45, 7) is 2.79. The Balaban J connectivity index is 1.54. The van der Waals surface area contributed by atoms with Crippen LogP contribution >= 0.6 is 0 Å². The van der Waals surface area contributed by atoms with E-state index in [1.807, 2.05) is 6.07 Å². The summed E-state index contributed by atoms with van der Waals surface area (Å²) in [4.78, 5) is 12.7. The zero-order valence-electron chi connectivity index (χ0n) is 10.5. The van der Waals surface area contributed by atoms with Crippen molar-refractivity contribution in [1.82, 2.24) is 10.2 Å². The van der Waals surface area contributed by atoms with Crippen molar-refractivity contribution in [3.05, 3.63) is 35.9 Å². The lowest BCUT2D eigenvalue weighted by Crippen LogP contribution is -2.21. The molecule has 98 valence electrons. The van der Waals surface area contributed by atoms with Gasteiger partial charge in [-0.3, -0.25) is 4.90 Å². The number of rotatable bonds is 7. The normalized spacial score (nSPS) is 21.6. The molecule has 1 saturated heterocycles. The van der Waals surface area contributed by atoms with Crippen LogP contribution in [0.15, 0.2) is 30.3 Å². The zero-order valence-corrected chi connectivity index (χ0v) is 10.5. The lowest BCUT2D eigenvalue weighted by Gasteiger charge is -2.04. The van der Waals surface area contributed by atoms with E-state index in [2.05, 4.69) is 34.5 Å². The van der Waals surface area contributed by atoms with E-state index in [1.165, 1.54) is 18.5 Å². The Kier molecular flexibility index (Phi) is 4.59. The molecule has 2 N–H and O–H groups in total. The average molecular weight is 248 g/mol. The van der Waals surface area contributed by atoms with Crippen LogP contribution in [0.3, 0.4) is 0 Å². The Morgan fingerprint density at radius 2 is 2.11 bits per heavy atom. The maximum atomic E-state index is 10.2. The van der Waals surface area contributed by atoms with Crippen molar-refractivity contribution in [3.8, 4) is 0 Å². The van der Waals surface area contributed by atoms with E-state index in [4.69, 9.17) is 5.11 Å². The largest absolute Gasteiger partial charge is 0.465 e. The standard InChI is InChI=1S/C14H20N2O2/c17-14(18)15-9-5-4-8-13-11-16(13)10-12-6-2-1-3-7-12/h1-3,6-7,13,15H,4-5,8-11H2,(H,17,18). The molecule has 1 aliphatic heterocycles. The molecule has 4 heteroatoms. The first kappa shape index (κ1) is 12.9. The summed E-state index contributed by atoms with van der Waals surface area (Å²) in [6, 6.07) is 11.2. The third-order valence-corrected chi connectivity index (χ3v) is 3.30. The molecule has 2 rings (SSSR count). The molecule has 1 aromatic carbocycles. The van der Waals surface area contributed by atoms with Gasteiger partial charge < -0.3 is 10.4 Å². The van der Waals surface area contributed by atoms with E-state index in [1.54, 1.807) is 0 Å². The molecule has 1 aliphatic rings. The predicted octanol–water partition coefficient (Wildman–Crippen LogP) is 2.31. The quantitative estimate of drug-likeness (QED) is 0.575. The third-order valence-electron chi connectivity index (χ3n) is 3.30.